The molecule has 0 aromatic heterocycles. The van der Waals surface area contributed by atoms with Gasteiger partial charge in [-0.15, -0.1) is 0 Å². The van der Waals surface area contributed by atoms with Crippen LogP contribution in [0.4, 0.5) is 0 Å². The summed E-state index contributed by atoms with van der Waals surface area (Å²) in [7, 11) is -8.21. The van der Waals surface area contributed by atoms with E-state index in [0.717, 1.165) is 23.0 Å². The minimum atomic E-state index is -4.23. The van der Waals surface area contributed by atoms with E-state index in [1.165, 1.54) is 10.4 Å². The van der Waals surface area contributed by atoms with E-state index in [1.54, 1.807) is 12.2 Å². The first-order valence-corrected chi connectivity index (χ1v) is 13.6. The van der Waals surface area contributed by atoms with E-state index in [9.17, 15) is 16.8 Å². The fourth-order valence-electron chi connectivity index (χ4n) is 3.77. The smallest absolute Gasteiger partial charge is 0.227 e. The van der Waals surface area contributed by atoms with Gasteiger partial charge >= 0.3 is 0 Å². The normalized spacial score (nSPS) is 19.6. The van der Waals surface area contributed by atoms with Gasteiger partial charge in [0, 0.05) is 25.8 Å². The standard InChI is InChI=1S/C24H29NO4S2/c1-20(2)18-25(19-21-10-6-4-7-11-21)31(28,29)24(30(3,26)27)16-14-23(15-17-24)22-12-8-5-9-13-22/h4-16,20H,17-19H2,1-3H3. The van der Waals surface area contributed by atoms with Gasteiger partial charge in [-0.25, -0.2) is 16.8 Å². The van der Waals surface area contributed by atoms with Crippen LogP contribution in [0.5, 0.6) is 0 Å². The molecule has 0 heterocycles. The maximum absolute atomic E-state index is 13.9. The highest BCUT2D eigenvalue weighted by molar-refractivity contribution is 8.09. The average molecular weight is 460 g/mol. The molecular weight excluding hydrogens is 430 g/mol. The largest absolute Gasteiger partial charge is 0.238 e. The van der Waals surface area contributed by atoms with E-state index in [0.29, 0.717) is 0 Å². The van der Waals surface area contributed by atoms with Gasteiger partial charge in [0.1, 0.15) is 0 Å². The third-order valence-corrected chi connectivity index (χ3v) is 10.6. The molecule has 0 bridgehead atoms. The quantitative estimate of drug-likeness (QED) is 0.591. The summed E-state index contributed by atoms with van der Waals surface area (Å²) in [6.07, 6.45) is 5.57. The third-order valence-electron chi connectivity index (χ3n) is 5.41. The van der Waals surface area contributed by atoms with Crippen molar-refractivity contribution in [2.45, 2.75) is 30.9 Å². The van der Waals surface area contributed by atoms with E-state index in [-0.39, 0.29) is 25.4 Å². The van der Waals surface area contributed by atoms with Crippen LogP contribution in [0.3, 0.4) is 0 Å². The molecule has 166 valence electrons. The lowest BCUT2D eigenvalue weighted by atomic mass is 9.99. The first-order valence-electron chi connectivity index (χ1n) is 10.2. The van der Waals surface area contributed by atoms with Crippen LogP contribution in [-0.2, 0) is 26.4 Å². The number of sulfonamides is 1. The summed E-state index contributed by atoms with van der Waals surface area (Å²) in [5.74, 6) is 0.0399. The molecule has 1 unspecified atom stereocenters. The van der Waals surface area contributed by atoms with Crippen molar-refractivity contribution < 1.29 is 16.8 Å². The highest BCUT2D eigenvalue weighted by Gasteiger charge is 2.53. The molecule has 1 aliphatic carbocycles. The van der Waals surface area contributed by atoms with Crippen LogP contribution in [0.2, 0.25) is 0 Å². The highest BCUT2D eigenvalue weighted by atomic mass is 32.3. The molecule has 0 N–H and O–H groups in total. The first kappa shape index (κ1) is 23.4. The molecule has 0 spiro atoms. The summed E-state index contributed by atoms with van der Waals surface area (Å²) in [4.78, 5) is 0. The van der Waals surface area contributed by atoms with E-state index in [1.807, 2.05) is 74.5 Å². The average Bonchev–Trinajstić information content (AvgIpc) is 2.73. The molecular formula is C24H29NO4S2. The molecule has 5 nitrogen and oxygen atoms in total. The first-order chi connectivity index (χ1) is 14.6. The Kier molecular flexibility index (Phi) is 6.88. The molecule has 3 rings (SSSR count). The molecule has 0 fully saturated rings. The molecule has 7 heteroatoms. The van der Waals surface area contributed by atoms with Gasteiger partial charge in [-0.3, -0.25) is 0 Å². The van der Waals surface area contributed by atoms with Crippen LogP contribution >= 0.6 is 0 Å². The van der Waals surface area contributed by atoms with Crippen LogP contribution in [0.15, 0.2) is 78.9 Å². The van der Waals surface area contributed by atoms with Gasteiger partial charge in [-0.2, -0.15) is 4.31 Å². The van der Waals surface area contributed by atoms with Crippen molar-refractivity contribution in [1.82, 2.24) is 4.31 Å². The van der Waals surface area contributed by atoms with Gasteiger partial charge in [-0.05, 0) is 28.7 Å². The number of allylic oxidation sites excluding steroid dienone is 3. The molecule has 0 saturated carbocycles. The van der Waals surface area contributed by atoms with E-state index >= 15 is 0 Å². The molecule has 1 atom stereocenters. The second-order valence-electron chi connectivity index (χ2n) is 8.32. The van der Waals surface area contributed by atoms with Crippen molar-refractivity contribution in [1.29, 1.82) is 0 Å². The Balaban J connectivity index is 2.04. The van der Waals surface area contributed by atoms with Gasteiger partial charge < -0.3 is 0 Å². The van der Waals surface area contributed by atoms with Gasteiger partial charge in [0.2, 0.25) is 14.1 Å². The lowest BCUT2D eigenvalue weighted by molar-refractivity contribution is 0.356. The highest BCUT2D eigenvalue weighted by Crippen LogP contribution is 2.39. The topological polar surface area (TPSA) is 71.5 Å². The second kappa shape index (κ2) is 9.10. The number of rotatable bonds is 8. The SMILES string of the molecule is CC(C)CN(Cc1ccccc1)S(=O)(=O)C1(S(C)(=O)=O)C=CC(c2ccccc2)=CC1. The lowest BCUT2D eigenvalue weighted by Crippen LogP contribution is -2.52. The number of hydrogen-bond donors (Lipinski definition) is 0. The number of hydrogen-bond acceptors (Lipinski definition) is 4. The monoisotopic (exact) mass is 459 g/mol. The fraction of sp³-hybridized carbons (Fsp3) is 0.333. The van der Waals surface area contributed by atoms with Crippen LogP contribution in [0, 0.1) is 5.92 Å². The van der Waals surface area contributed by atoms with Crippen LogP contribution in [0.1, 0.15) is 31.4 Å². The maximum Gasteiger partial charge on any atom is 0.238 e. The van der Waals surface area contributed by atoms with Gasteiger partial charge in [0.05, 0.1) is 0 Å². The zero-order valence-corrected chi connectivity index (χ0v) is 19.7. The number of sulfone groups is 1. The van der Waals surface area contributed by atoms with Crippen LogP contribution < -0.4 is 0 Å². The summed E-state index contributed by atoms with van der Waals surface area (Å²) < 4.78 is 53.0. The van der Waals surface area contributed by atoms with Gasteiger partial charge in [-0.1, -0.05) is 86.7 Å². The van der Waals surface area contributed by atoms with Gasteiger partial charge in [0.25, 0.3) is 0 Å². The van der Waals surface area contributed by atoms with Crippen LogP contribution in [-0.4, -0.2) is 38.0 Å². The molecule has 0 amide bonds. The minimum absolute atomic E-state index is 0.0399. The molecule has 2 aromatic rings. The summed E-state index contributed by atoms with van der Waals surface area (Å²) in [5, 5.41) is 0. The summed E-state index contributed by atoms with van der Waals surface area (Å²) in [6.45, 7) is 4.20. The molecule has 0 radical (unpaired) electrons. The molecule has 0 aliphatic heterocycles. The predicted octanol–water partition coefficient (Wildman–Crippen LogP) is 4.26. The third kappa shape index (κ3) is 4.84. The minimum Gasteiger partial charge on any atom is -0.227 e. The molecule has 1 aliphatic rings. The van der Waals surface area contributed by atoms with Crippen molar-refractivity contribution >= 4 is 25.4 Å². The maximum atomic E-state index is 13.9. The van der Waals surface area contributed by atoms with Gasteiger partial charge in [0.15, 0.2) is 9.84 Å². The van der Waals surface area contributed by atoms with Crippen molar-refractivity contribution in [3.8, 4) is 0 Å². The molecule has 0 saturated heterocycles. The van der Waals surface area contributed by atoms with Crippen molar-refractivity contribution in [3.05, 3.63) is 90.0 Å². The Hall–Kier alpha value is -2.22. The Bertz CT molecular complexity index is 1170. The molecule has 2 aromatic carbocycles. The predicted molar refractivity (Wildman–Crippen MR) is 126 cm³/mol. The van der Waals surface area contributed by atoms with E-state index in [4.69, 9.17) is 0 Å². The lowest BCUT2D eigenvalue weighted by Gasteiger charge is -2.36. The number of nitrogens with zero attached hydrogens (tertiary/aromatic N) is 1. The number of benzene rings is 2. The Labute approximate surface area is 186 Å². The molecule has 31 heavy (non-hydrogen) atoms. The summed E-state index contributed by atoms with van der Waals surface area (Å²) >= 11 is 0. The Morgan fingerprint density at radius 3 is 2.00 bits per heavy atom. The zero-order valence-electron chi connectivity index (χ0n) is 18.1. The van der Waals surface area contributed by atoms with Crippen molar-refractivity contribution in [2.75, 3.05) is 12.8 Å². The van der Waals surface area contributed by atoms with E-state index in [2.05, 4.69) is 0 Å². The van der Waals surface area contributed by atoms with Crippen molar-refractivity contribution in [3.63, 3.8) is 0 Å². The van der Waals surface area contributed by atoms with Crippen LogP contribution in [0.25, 0.3) is 5.57 Å². The summed E-state index contributed by atoms with van der Waals surface area (Å²) in [5.41, 5.74) is 2.55. The Morgan fingerprint density at radius 1 is 0.935 bits per heavy atom. The van der Waals surface area contributed by atoms with E-state index < -0.39 is 23.9 Å². The van der Waals surface area contributed by atoms with Crippen molar-refractivity contribution in [2.24, 2.45) is 5.92 Å². The Morgan fingerprint density at radius 2 is 1.52 bits per heavy atom. The fourth-order valence-corrected chi connectivity index (χ4v) is 8.10. The second-order valence-corrected chi connectivity index (χ2v) is 13.1. The summed E-state index contributed by atoms with van der Waals surface area (Å²) in [6, 6.07) is 18.8. The zero-order chi connectivity index (χ0) is 22.7.